The van der Waals surface area contributed by atoms with Crippen LogP contribution in [0, 0.1) is 5.82 Å². The van der Waals surface area contributed by atoms with Crippen molar-refractivity contribution in [2.24, 2.45) is 5.73 Å². The molecule has 1 nitrogen and oxygen atoms in total. The molecule has 0 bridgehead atoms. The molecule has 2 unspecified atom stereocenters. The molecule has 1 aromatic carbocycles. The van der Waals surface area contributed by atoms with Crippen LogP contribution in [-0.2, 0) is 12.8 Å². The molecule has 2 aromatic rings. The Morgan fingerprint density at radius 3 is 3.10 bits per heavy atom. The molecule has 1 aliphatic carbocycles. The van der Waals surface area contributed by atoms with E-state index in [9.17, 15) is 4.39 Å². The van der Waals surface area contributed by atoms with Crippen LogP contribution in [0.1, 0.15) is 34.8 Å². The van der Waals surface area contributed by atoms with Crippen molar-refractivity contribution in [3.8, 4) is 0 Å². The lowest BCUT2D eigenvalue weighted by Gasteiger charge is -2.28. The second kappa shape index (κ2) is 5.84. The van der Waals surface area contributed by atoms with Gasteiger partial charge < -0.3 is 5.73 Å². The van der Waals surface area contributed by atoms with Gasteiger partial charge in [0.25, 0.3) is 0 Å². The fourth-order valence-electron chi connectivity index (χ4n) is 3.07. The molecule has 20 heavy (non-hydrogen) atoms. The predicted molar refractivity (Wildman–Crippen MR) is 83.1 cm³/mol. The van der Waals surface area contributed by atoms with Crippen LogP contribution in [0.5, 0.6) is 0 Å². The molecule has 1 heterocycles. The third-order valence-electron chi connectivity index (χ3n) is 4.10. The molecule has 2 atom stereocenters. The molecular formula is C16H17ClFNS. The number of aryl methyl sites for hydroxylation is 1. The third kappa shape index (κ3) is 2.62. The molecular weight excluding hydrogens is 293 g/mol. The average Bonchev–Trinajstić information content (AvgIpc) is 2.92. The maximum absolute atomic E-state index is 14.0. The van der Waals surface area contributed by atoms with Crippen LogP contribution in [0.3, 0.4) is 0 Å². The summed E-state index contributed by atoms with van der Waals surface area (Å²) in [6, 6.07) is 7.25. The van der Waals surface area contributed by atoms with Crippen LogP contribution in [0.15, 0.2) is 29.6 Å². The second-order valence-corrected chi connectivity index (χ2v) is 6.79. The summed E-state index contributed by atoms with van der Waals surface area (Å²) in [6.45, 7) is 0. The molecule has 1 aromatic heterocycles. The van der Waals surface area contributed by atoms with Gasteiger partial charge in [-0.05, 0) is 54.3 Å². The molecule has 0 spiro atoms. The topological polar surface area (TPSA) is 26.0 Å². The zero-order valence-corrected chi connectivity index (χ0v) is 12.7. The Balaban J connectivity index is 1.81. The first-order chi connectivity index (χ1) is 9.66. The van der Waals surface area contributed by atoms with Crippen molar-refractivity contribution in [1.82, 2.24) is 0 Å². The zero-order chi connectivity index (χ0) is 14.1. The van der Waals surface area contributed by atoms with Crippen LogP contribution in [0.4, 0.5) is 4.39 Å². The van der Waals surface area contributed by atoms with Gasteiger partial charge in [-0.15, -0.1) is 11.3 Å². The van der Waals surface area contributed by atoms with Crippen LogP contribution in [0.25, 0.3) is 0 Å². The van der Waals surface area contributed by atoms with E-state index in [2.05, 4.69) is 11.4 Å². The summed E-state index contributed by atoms with van der Waals surface area (Å²) >= 11 is 7.64. The average molecular weight is 310 g/mol. The summed E-state index contributed by atoms with van der Waals surface area (Å²) in [5.74, 6) is 0.00866. The molecule has 1 aliphatic rings. The fraction of sp³-hybridized carbons (Fsp3) is 0.375. The normalized spacial score (nSPS) is 19.6. The van der Waals surface area contributed by atoms with Gasteiger partial charge in [0.1, 0.15) is 5.82 Å². The van der Waals surface area contributed by atoms with Crippen LogP contribution in [0.2, 0.25) is 5.02 Å². The van der Waals surface area contributed by atoms with Crippen molar-refractivity contribution in [2.45, 2.75) is 37.6 Å². The van der Waals surface area contributed by atoms with Gasteiger partial charge in [-0.1, -0.05) is 23.7 Å². The van der Waals surface area contributed by atoms with Gasteiger partial charge in [-0.3, -0.25) is 0 Å². The number of thiophene rings is 1. The molecule has 0 aliphatic heterocycles. The third-order valence-corrected chi connectivity index (χ3v) is 5.39. The van der Waals surface area contributed by atoms with E-state index in [1.807, 2.05) is 11.3 Å². The van der Waals surface area contributed by atoms with Crippen LogP contribution < -0.4 is 5.73 Å². The van der Waals surface area contributed by atoms with Gasteiger partial charge in [-0.2, -0.15) is 0 Å². The largest absolute Gasteiger partial charge is 0.327 e. The Morgan fingerprint density at radius 1 is 1.40 bits per heavy atom. The number of fused-ring (bicyclic) bond motifs is 1. The minimum absolute atomic E-state index is 0.0587. The highest BCUT2D eigenvalue weighted by atomic mass is 35.5. The zero-order valence-electron chi connectivity index (χ0n) is 11.1. The van der Waals surface area contributed by atoms with Gasteiger partial charge in [0.05, 0.1) is 5.02 Å². The SMILES string of the molecule is NC(Cc1cccc(Cl)c1F)C1CCCc2sccc21. The molecule has 2 N–H and O–H groups in total. The van der Waals surface area contributed by atoms with Gasteiger partial charge in [0.15, 0.2) is 0 Å². The first-order valence-electron chi connectivity index (χ1n) is 6.91. The summed E-state index contributed by atoms with van der Waals surface area (Å²) in [6.07, 6.45) is 3.95. The maximum Gasteiger partial charge on any atom is 0.145 e. The van der Waals surface area contributed by atoms with Crippen molar-refractivity contribution in [3.63, 3.8) is 0 Å². The Labute approximate surface area is 127 Å². The smallest absolute Gasteiger partial charge is 0.145 e. The minimum Gasteiger partial charge on any atom is -0.327 e. The Bertz CT molecular complexity index is 610. The van der Waals surface area contributed by atoms with Crippen molar-refractivity contribution in [1.29, 1.82) is 0 Å². The molecule has 3 rings (SSSR count). The number of nitrogens with two attached hydrogens (primary N) is 1. The fourth-order valence-corrected chi connectivity index (χ4v) is 4.26. The van der Waals surface area contributed by atoms with Crippen molar-refractivity contribution in [2.75, 3.05) is 0 Å². The maximum atomic E-state index is 14.0. The van der Waals surface area contributed by atoms with E-state index in [1.54, 1.807) is 18.2 Å². The number of hydrogen-bond donors (Lipinski definition) is 1. The number of hydrogen-bond acceptors (Lipinski definition) is 2. The van der Waals surface area contributed by atoms with E-state index in [1.165, 1.54) is 16.9 Å². The molecule has 0 saturated heterocycles. The number of halogens is 2. The van der Waals surface area contributed by atoms with E-state index in [0.717, 1.165) is 12.8 Å². The van der Waals surface area contributed by atoms with Gasteiger partial charge in [-0.25, -0.2) is 4.39 Å². The standard InChI is InChI=1S/C16H17ClFNS/c17-13-5-1-3-10(16(13)18)9-14(19)11-4-2-6-15-12(11)7-8-20-15/h1,3,5,7-8,11,14H,2,4,6,9,19H2. The number of benzene rings is 1. The van der Waals surface area contributed by atoms with E-state index in [4.69, 9.17) is 17.3 Å². The van der Waals surface area contributed by atoms with E-state index in [-0.39, 0.29) is 16.9 Å². The monoisotopic (exact) mass is 309 g/mol. The summed E-state index contributed by atoms with van der Waals surface area (Å²) in [5, 5.41) is 2.31. The molecule has 0 saturated carbocycles. The Hall–Kier alpha value is -0.900. The molecule has 4 heteroatoms. The first-order valence-corrected chi connectivity index (χ1v) is 8.17. The van der Waals surface area contributed by atoms with E-state index in [0.29, 0.717) is 17.9 Å². The number of rotatable bonds is 3. The van der Waals surface area contributed by atoms with Gasteiger partial charge >= 0.3 is 0 Å². The Kier molecular flexibility index (Phi) is 4.11. The molecule has 0 radical (unpaired) electrons. The van der Waals surface area contributed by atoms with Crippen molar-refractivity contribution < 1.29 is 4.39 Å². The molecule has 106 valence electrons. The lowest BCUT2D eigenvalue weighted by atomic mass is 9.81. The van der Waals surface area contributed by atoms with Gasteiger partial charge in [0, 0.05) is 16.8 Å². The summed E-state index contributed by atoms with van der Waals surface area (Å²) in [7, 11) is 0. The van der Waals surface area contributed by atoms with E-state index < -0.39 is 0 Å². The lowest BCUT2D eigenvalue weighted by Crippen LogP contribution is -2.32. The van der Waals surface area contributed by atoms with Crippen LogP contribution in [-0.4, -0.2) is 6.04 Å². The molecule has 0 amide bonds. The highest BCUT2D eigenvalue weighted by Gasteiger charge is 2.27. The van der Waals surface area contributed by atoms with Crippen molar-refractivity contribution in [3.05, 3.63) is 56.5 Å². The van der Waals surface area contributed by atoms with Gasteiger partial charge in [0.2, 0.25) is 0 Å². The lowest BCUT2D eigenvalue weighted by molar-refractivity contribution is 0.457. The first kappa shape index (κ1) is 14.1. The van der Waals surface area contributed by atoms with Crippen LogP contribution >= 0.6 is 22.9 Å². The quantitative estimate of drug-likeness (QED) is 0.885. The van der Waals surface area contributed by atoms with E-state index >= 15 is 0 Å². The Morgan fingerprint density at radius 2 is 2.25 bits per heavy atom. The minimum atomic E-state index is -0.328. The molecule has 0 fully saturated rings. The highest BCUT2D eigenvalue weighted by Crippen LogP contribution is 2.37. The summed E-state index contributed by atoms with van der Waals surface area (Å²) in [5.41, 5.74) is 8.36. The predicted octanol–water partition coefficient (Wildman–Crippen LogP) is 4.53. The second-order valence-electron chi connectivity index (χ2n) is 5.38. The van der Waals surface area contributed by atoms with Crippen molar-refractivity contribution >= 4 is 22.9 Å². The summed E-state index contributed by atoms with van der Waals surface area (Å²) in [4.78, 5) is 1.45. The summed E-state index contributed by atoms with van der Waals surface area (Å²) < 4.78 is 14.0. The highest BCUT2D eigenvalue weighted by molar-refractivity contribution is 7.10.